The zero-order valence-corrected chi connectivity index (χ0v) is 15.0. The Labute approximate surface area is 147 Å². The standard InChI is InChI=1S/C17H25N5O3/c1-4-24-13(2)17-19-16(25-20-17)12-21-5-7-22(8-6-21)14-9-15(23-3)11-18-10-14/h9-11,13H,4-8,12H2,1-3H3. The zero-order valence-electron chi connectivity index (χ0n) is 15.0. The number of rotatable bonds is 7. The smallest absolute Gasteiger partial charge is 0.240 e. The number of hydrogen-bond donors (Lipinski definition) is 0. The largest absolute Gasteiger partial charge is 0.495 e. The van der Waals surface area contributed by atoms with Gasteiger partial charge in [-0.05, 0) is 13.8 Å². The number of hydrogen-bond acceptors (Lipinski definition) is 8. The van der Waals surface area contributed by atoms with Crippen molar-refractivity contribution in [2.24, 2.45) is 0 Å². The van der Waals surface area contributed by atoms with Crippen molar-refractivity contribution >= 4 is 5.69 Å². The Kier molecular flexibility index (Phi) is 5.83. The second-order valence-electron chi connectivity index (χ2n) is 5.99. The maximum Gasteiger partial charge on any atom is 0.240 e. The van der Waals surface area contributed by atoms with Crippen LogP contribution in [-0.4, -0.2) is 59.9 Å². The van der Waals surface area contributed by atoms with Gasteiger partial charge in [0.15, 0.2) is 5.82 Å². The molecule has 0 radical (unpaired) electrons. The lowest BCUT2D eigenvalue weighted by molar-refractivity contribution is 0.0683. The molecule has 2 aromatic heterocycles. The molecule has 1 unspecified atom stereocenters. The second-order valence-corrected chi connectivity index (χ2v) is 5.99. The van der Waals surface area contributed by atoms with Gasteiger partial charge in [-0.25, -0.2) is 0 Å². The van der Waals surface area contributed by atoms with Gasteiger partial charge in [-0.1, -0.05) is 5.16 Å². The van der Waals surface area contributed by atoms with Crippen LogP contribution >= 0.6 is 0 Å². The van der Waals surface area contributed by atoms with Gasteiger partial charge in [-0.15, -0.1) is 0 Å². The molecule has 3 heterocycles. The first kappa shape index (κ1) is 17.6. The van der Waals surface area contributed by atoms with Gasteiger partial charge in [0, 0.05) is 38.9 Å². The monoisotopic (exact) mass is 347 g/mol. The second kappa shape index (κ2) is 8.26. The third kappa shape index (κ3) is 4.46. The molecule has 0 saturated carbocycles. The van der Waals surface area contributed by atoms with Gasteiger partial charge in [0.25, 0.3) is 0 Å². The normalized spacial score (nSPS) is 16.8. The van der Waals surface area contributed by atoms with Crippen LogP contribution in [0.4, 0.5) is 5.69 Å². The van der Waals surface area contributed by atoms with E-state index in [2.05, 4.69) is 24.9 Å². The van der Waals surface area contributed by atoms with Gasteiger partial charge >= 0.3 is 0 Å². The van der Waals surface area contributed by atoms with Crippen molar-refractivity contribution in [1.29, 1.82) is 0 Å². The Hall–Kier alpha value is -2.19. The van der Waals surface area contributed by atoms with Crippen molar-refractivity contribution < 1.29 is 14.0 Å². The molecule has 0 bridgehead atoms. The third-order valence-corrected chi connectivity index (χ3v) is 4.29. The number of nitrogens with zero attached hydrogens (tertiary/aromatic N) is 5. The molecule has 1 fully saturated rings. The highest BCUT2D eigenvalue weighted by Crippen LogP contribution is 2.21. The number of methoxy groups -OCH3 is 1. The molecule has 0 N–H and O–H groups in total. The first-order chi connectivity index (χ1) is 12.2. The van der Waals surface area contributed by atoms with Crippen LogP contribution in [0.2, 0.25) is 0 Å². The fraction of sp³-hybridized carbons (Fsp3) is 0.588. The minimum absolute atomic E-state index is 0.139. The number of ether oxygens (including phenoxy) is 2. The molecule has 1 aliphatic rings. The average molecular weight is 347 g/mol. The number of anilines is 1. The summed E-state index contributed by atoms with van der Waals surface area (Å²) in [7, 11) is 1.66. The molecule has 1 atom stereocenters. The summed E-state index contributed by atoms with van der Waals surface area (Å²) in [5.41, 5.74) is 1.09. The topological polar surface area (TPSA) is 76.8 Å². The van der Waals surface area contributed by atoms with E-state index in [4.69, 9.17) is 14.0 Å². The van der Waals surface area contributed by atoms with E-state index >= 15 is 0 Å². The minimum atomic E-state index is -0.139. The molecule has 8 nitrogen and oxygen atoms in total. The molecule has 1 aliphatic heterocycles. The quantitative estimate of drug-likeness (QED) is 0.751. The van der Waals surface area contributed by atoms with Crippen LogP contribution in [0.15, 0.2) is 23.0 Å². The van der Waals surface area contributed by atoms with Crippen molar-refractivity contribution in [3.05, 3.63) is 30.2 Å². The predicted octanol–water partition coefficient (Wildman–Crippen LogP) is 1.89. The molecule has 0 amide bonds. The van der Waals surface area contributed by atoms with E-state index < -0.39 is 0 Å². The maximum atomic E-state index is 5.49. The fourth-order valence-corrected chi connectivity index (χ4v) is 2.87. The van der Waals surface area contributed by atoms with Gasteiger partial charge in [-0.2, -0.15) is 4.98 Å². The lowest BCUT2D eigenvalue weighted by Crippen LogP contribution is -2.46. The summed E-state index contributed by atoms with van der Waals surface area (Å²) in [4.78, 5) is 13.3. The molecule has 0 aromatic carbocycles. The maximum absolute atomic E-state index is 5.49. The molecule has 25 heavy (non-hydrogen) atoms. The SMILES string of the molecule is CCOC(C)c1noc(CN2CCN(c3cncc(OC)c3)CC2)n1. The van der Waals surface area contributed by atoms with E-state index in [0.29, 0.717) is 24.9 Å². The van der Waals surface area contributed by atoms with Crippen LogP contribution in [-0.2, 0) is 11.3 Å². The first-order valence-electron chi connectivity index (χ1n) is 8.60. The highest BCUT2D eigenvalue weighted by atomic mass is 16.5. The number of pyridine rings is 1. The van der Waals surface area contributed by atoms with E-state index in [0.717, 1.165) is 37.6 Å². The van der Waals surface area contributed by atoms with E-state index in [9.17, 15) is 0 Å². The molecule has 3 rings (SSSR count). The first-order valence-corrected chi connectivity index (χ1v) is 8.60. The summed E-state index contributed by atoms with van der Waals surface area (Å²) in [6.07, 6.45) is 3.45. The predicted molar refractivity (Wildman–Crippen MR) is 92.6 cm³/mol. The highest BCUT2D eigenvalue weighted by molar-refractivity contribution is 5.48. The summed E-state index contributed by atoms with van der Waals surface area (Å²) in [5, 5.41) is 4.01. The summed E-state index contributed by atoms with van der Waals surface area (Å²) >= 11 is 0. The van der Waals surface area contributed by atoms with Crippen molar-refractivity contribution in [2.45, 2.75) is 26.5 Å². The Morgan fingerprint density at radius 2 is 2.04 bits per heavy atom. The van der Waals surface area contributed by atoms with Crippen LogP contribution in [0, 0.1) is 0 Å². The van der Waals surface area contributed by atoms with Crippen LogP contribution in [0.1, 0.15) is 31.7 Å². The third-order valence-electron chi connectivity index (χ3n) is 4.29. The van der Waals surface area contributed by atoms with E-state index in [1.54, 1.807) is 13.3 Å². The van der Waals surface area contributed by atoms with Crippen molar-refractivity contribution in [3.63, 3.8) is 0 Å². The van der Waals surface area contributed by atoms with E-state index in [-0.39, 0.29) is 6.10 Å². The van der Waals surface area contributed by atoms with Crippen molar-refractivity contribution in [3.8, 4) is 5.75 Å². The lowest BCUT2D eigenvalue weighted by Gasteiger charge is -2.35. The Morgan fingerprint density at radius 3 is 2.76 bits per heavy atom. The zero-order chi connectivity index (χ0) is 17.6. The van der Waals surface area contributed by atoms with Gasteiger partial charge < -0.3 is 18.9 Å². The van der Waals surface area contributed by atoms with E-state index in [1.165, 1.54) is 0 Å². The van der Waals surface area contributed by atoms with Gasteiger partial charge in [0.1, 0.15) is 11.9 Å². The summed E-state index contributed by atoms with van der Waals surface area (Å²) in [6.45, 7) is 8.87. The van der Waals surface area contributed by atoms with Crippen molar-refractivity contribution in [1.82, 2.24) is 20.0 Å². The molecular weight excluding hydrogens is 322 g/mol. The van der Waals surface area contributed by atoms with Crippen LogP contribution in [0.3, 0.4) is 0 Å². The molecule has 0 spiro atoms. The summed E-state index contributed by atoms with van der Waals surface area (Å²) in [5.74, 6) is 2.03. The summed E-state index contributed by atoms with van der Waals surface area (Å²) < 4.78 is 16.1. The Balaban J connectivity index is 1.52. The minimum Gasteiger partial charge on any atom is -0.495 e. The van der Waals surface area contributed by atoms with Gasteiger partial charge in [-0.3, -0.25) is 9.88 Å². The lowest BCUT2D eigenvalue weighted by atomic mass is 10.2. The Bertz CT molecular complexity index is 670. The highest BCUT2D eigenvalue weighted by Gasteiger charge is 2.21. The van der Waals surface area contributed by atoms with Crippen LogP contribution in [0.5, 0.6) is 5.75 Å². The molecular formula is C17H25N5O3. The molecule has 0 aliphatic carbocycles. The molecule has 136 valence electrons. The van der Waals surface area contributed by atoms with Crippen LogP contribution < -0.4 is 9.64 Å². The van der Waals surface area contributed by atoms with Crippen LogP contribution in [0.25, 0.3) is 0 Å². The van der Waals surface area contributed by atoms with E-state index in [1.807, 2.05) is 26.1 Å². The molecule has 8 heteroatoms. The van der Waals surface area contributed by atoms with Gasteiger partial charge in [0.05, 0.1) is 31.7 Å². The number of aromatic nitrogens is 3. The molecule has 2 aromatic rings. The average Bonchev–Trinajstić information content (AvgIpc) is 3.11. The van der Waals surface area contributed by atoms with Gasteiger partial charge in [0.2, 0.25) is 5.89 Å². The summed E-state index contributed by atoms with van der Waals surface area (Å²) in [6, 6.07) is 2.02. The Morgan fingerprint density at radius 1 is 1.24 bits per heavy atom. The number of piperazine rings is 1. The van der Waals surface area contributed by atoms with Crippen molar-refractivity contribution in [2.75, 3.05) is 44.8 Å². The molecule has 1 saturated heterocycles. The fourth-order valence-electron chi connectivity index (χ4n) is 2.87.